The number of aromatic hydroxyl groups is 6. The van der Waals surface area contributed by atoms with Gasteiger partial charge in [-0.25, -0.2) is 0 Å². The van der Waals surface area contributed by atoms with Crippen LogP contribution in [-0.2, 0) is 4.74 Å². The fraction of sp³-hybridized carbons (Fsp3) is 0.385. The maximum atomic E-state index is 14.4. The zero-order valence-corrected chi connectivity index (χ0v) is 21.0. The lowest BCUT2D eigenvalue weighted by atomic mass is 9.45. The molecule has 0 saturated carbocycles. The molecule has 2 aliphatic carbocycles. The Morgan fingerprint density at radius 3 is 1.08 bits per heavy atom. The minimum absolute atomic E-state index is 0.422. The van der Waals surface area contributed by atoms with Crippen molar-refractivity contribution in [2.75, 3.05) is 0 Å². The van der Waals surface area contributed by atoms with Crippen molar-refractivity contribution in [1.29, 1.82) is 0 Å². The summed E-state index contributed by atoms with van der Waals surface area (Å²) in [6.45, 7) is 4.70. The SMILES string of the molecule is CCC12C(=O)c3c(O)c(C)c(O)c(O)c3C(=O)C1(O)OC1(O)C(=O)c3c(O)c(O)c(C)c(O)c3C(=O)C12CC. The van der Waals surface area contributed by atoms with Crippen LogP contribution in [0.3, 0.4) is 0 Å². The number of hydrogen-bond donors (Lipinski definition) is 8. The van der Waals surface area contributed by atoms with Crippen LogP contribution in [0.25, 0.3) is 0 Å². The Bertz CT molecular complexity index is 1490. The summed E-state index contributed by atoms with van der Waals surface area (Å²) in [6.07, 6.45) is -1.33. The van der Waals surface area contributed by atoms with Crippen LogP contribution in [0.5, 0.6) is 34.5 Å². The van der Waals surface area contributed by atoms with E-state index in [-0.39, 0.29) is 0 Å². The Morgan fingerprint density at radius 2 is 0.795 bits per heavy atom. The van der Waals surface area contributed by atoms with E-state index in [0.717, 1.165) is 13.8 Å². The van der Waals surface area contributed by atoms with Crippen LogP contribution in [0.15, 0.2) is 0 Å². The van der Waals surface area contributed by atoms with Crippen LogP contribution in [-0.4, -0.2) is 75.6 Å². The van der Waals surface area contributed by atoms with Crippen molar-refractivity contribution in [1.82, 2.24) is 0 Å². The molecule has 0 amide bonds. The van der Waals surface area contributed by atoms with Crippen LogP contribution >= 0.6 is 0 Å². The number of ether oxygens (including phenoxy) is 1. The molecular formula is C26H24O13. The highest BCUT2D eigenvalue weighted by molar-refractivity contribution is 6.30. The Kier molecular flexibility index (Phi) is 4.91. The number of benzene rings is 2. The maximum Gasteiger partial charge on any atom is 0.248 e. The van der Waals surface area contributed by atoms with E-state index in [2.05, 4.69) is 0 Å². The van der Waals surface area contributed by atoms with Gasteiger partial charge in [-0.15, -0.1) is 0 Å². The van der Waals surface area contributed by atoms with Gasteiger partial charge in [0, 0.05) is 11.1 Å². The molecule has 1 saturated heterocycles. The van der Waals surface area contributed by atoms with E-state index in [0.29, 0.717) is 0 Å². The molecule has 1 aliphatic heterocycles. The predicted octanol–water partition coefficient (Wildman–Crippen LogP) is 1.20. The van der Waals surface area contributed by atoms with E-state index in [4.69, 9.17) is 4.74 Å². The Hall–Kier alpha value is -4.20. The predicted molar refractivity (Wildman–Crippen MR) is 126 cm³/mol. The zero-order chi connectivity index (χ0) is 29.4. The fourth-order valence-corrected chi connectivity index (χ4v) is 6.86. The van der Waals surface area contributed by atoms with Crippen LogP contribution in [0, 0.1) is 24.7 Å². The molecule has 0 spiro atoms. The van der Waals surface area contributed by atoms with Gasteiger partial charge in [0.05, 0.1) is 22.3 Å². The van der Waals surface area contributed by atoms with Crippen molar-refractivity contribution >= 4 is 23.1 Å². The second-order valence-corrected chi connectivity index (χ2v) is 10.1. The zero-order valence-electron chi connectivity index (χ0n) is 21.0. The van der Waals surface area contributed by atoms with E-state index >= 15 is 0 Å². The van der Waals surface area contributed by atoms with Gasteiger partial charge in [-0.1, -0.05) is 13.8 Å². The number of aliphatic hydroxyl groups is 2. The number of Topliss-reactive ketones (excluding diaryl/α,β-unsaturated/α-hetero) is 4. The maximum absolute atomic E-state index is 14.4. The lowest BCUT2D eigenvalue weighted by molar-refractivity contribution is -0.261. The summed E-state index contributed by atoms with van der Waals surface area (Å²) in [5.41, 5.74) is -10.5. The van der Waals surface area contributed by atoms with Crippen molar-refractivity contribution in [2.24, 2.45) is 10.8 Å². The molecule has 1 heterocycles. The number of fused-ring (bicyclic) bond motifs is 5. The van der Waals surface area contributed by atoms with Gasteiger partial charge < -0.3 is 45.6 Å². The average Bonchev–Trinajstić information content (AvgIpc) is 3.10. The highest BCUT2D eigenvalue weighted by Crippen LogP contribution is 2.73. The number of phenolic OH excluding ortho intramolecular Hbond substituents is 6. The molecule has 0 aromatic heterocycles. The van der Waals surface area contributed by atoms with Crippen molar-refractivity contribution < 1.29 is 64.8 Å². The third-order valence-corrected chi connectivity index (χ3v) is 8.86. The molecule has 13 nitrogen and oxygen atoms in total. The second kappa shape index (κ2) is 7.25. The Morgan fingerprint density at radius 1 is 0.513 bits per heavy atom. The van der Waals surface area contributed by atoms with E-state index in [1.165, 1.54) is 13.8 Å². The van der Waals surface area contributed by atoms with Crippen molar-refractivity contribution in [3.05, 3.63) is 33.4 Å². The summed E-state index contributed by atoms with van der Waals surface area (Å²) >= 11 is 0. The van der Waals surface area contributed by atoms with Crippen LogP contribution in [0.4, 0.5) is 0 Å². The molecule has 0 radical (unpaired) electrons. The first kappa shape index (κ1) is 26.4. The monoisotopic (exact) mass is 544 g/mol. The fourth-order valence-electron chi connectivity index (χ4n) is 6.86. The normalized spacial score (nSPS) is 31.1. The summed E-state index contributed by atoms with van der Waals surface area (Å²) in [4.78, 5) is 56.4. The molecule has 5 rings (SSSR count). The summed E-state index contributed by atoms with van der Waals surface area (Å²) < 4.78 is 5.36. The number of ketones is 4. The molecule has 39 heavy (non-hydrogen) atoms. The Labute approximate surface area is 219 Å². The van der Waals surface area contributed by atoms with Crippen molar-refractivity contribution in [2.45, 2.75) is 52.1 Å². The lowest BCUT2D eigenvalue weighted by Crippen LogP contribution is -2.69. The third-order valence-electron chi connectivity index (χ3n) is 8.86. The van der Waals surface area contributed by atoms with E-state index in [1.54, 1.807) is 0 Å². The topological polar surface area (TPSA) is 239 Å². The lowest BCUT2D eigenvalue weighted by Gasteiger charge is -2.51. The third kappa shape index (κ3) is 2.27. The molecule has 3 aliphatic rings. The van der Waals surface area contributed by atoms with Gasteiger partial charge in [-0.3, -0.25) is 19.2 Å². The number of phenols is 6. The molecule has 4 atom stereocenters. The van der Waals surface area contributed by atoms with Crippen LogP contribution in [0.2, 0.25) is 0 Å². The van der Waals surface area contributed by atoms with Crippen LogP contribution < -0.4 is 0 Å². The molecule has 2 aromatic carbocycles. The smallest absolute Gasteiger partial charge is 0.248 e. The largest absolute Gasteiger partial charge is 0.507 e. The number of hydrogen-bond acceptors (Lipinski definition) is 13. The minimum atomic E-state index is -3.54. The van der Waals surface area contributed by atoms with E-state index < -0.39 is 126 Å². The molecule has 0 bridgehead atoms. The van der Waals surface area contributed by atoms with Gasteiger partial charge in [0.2, 0.25) is 23.1 Å². The van der Waals surface area contributed by atoms with E-state index in [1.807, 2.05) is 0 Å². The summed E-state index contributed by atoms with van der Waals surface area (Å²) in [7, 11) is 0. The van der Waals surface area contributed by atoms with Gasteiger partial charge in [-0.05, 0) is 26.7 Å². The first-order chi connectivity index (χ1) is 18.0. The molecule has 2 aromatic rings. The van der Waals surface area contributed by atoms with Gasteiger partial charge in [0.15, 0.2) is 34.6 Å². The van der Waals surface area contributed by atoms with Crippen LogP contribution in [0.1, 0.15) is 79.2 Å². The van der Waals surface area contributed by atoms with E-state index in [9.17, 15) is 60.0 Å². The second-order valence-electron chi connectivity index (χ2n) is 10.1. The number of carbonyl (C=O) groups excluding carboxylic acids is 4. The first-order valence-electron chi connectivity index (χ1n) is 11.9. The molecule has 4 unspecified atom stereocenters. The molecule has 8 N–H and O–H groups in total. The van der Waals surface area contributed by atoms with Crippen molar-refractivity contribution in [3.63, 3.8) is 0 Å². The quantitative estimate of drug-likeness (QED) is 0.196. The first-order valence-corrected chi connectivity index (χ1v) is 11.9. The molecular weight excluding hydrogens is 520 g/mol. The molecule has 13 heteroatoms. The molecule has 206 valence electrons. The van der Waals surface area contributed by atoms with Gasteiger partial charge in [0.25, 0.3) is 0 Å². The van der Waals surface area contributed by atoms with Gasteiger partial charge >= 0.3 is 0 Å². The minimum Gasteiger partial charge on any atom is -0.507 e. The summed E-state index contributed by atoms with van der Waals surface area (Å²) in [5, 5.41) is 86.9. The summed E-state index contributed by atoms with van der Waals surface area (Å²) in [5.74, 6) is -19.5. The standard InChI is InChI=1S/C26H24O13/c1-5-23-19(33)9-11(17(31)15(29)7(3)13(9)27)21(35)25(23,37)39-26(38)22(36)12-10(20(34)24(23,26)6-2)14(28)8(4)16(30)18(12)32/h27-32,37-38H,5-6H2,1-4H3. The number of rotatable bonds is 2. The highest BCUT2D eigenvalue weighted by atomic mass is 16.7. The number of carbonyl (C=O) groups is 4. The average molecular weight is 544 g/mol. The van der Waals surface area contributed by atoms with Gasteiger partial charge in [0.1, 0.15) is 22.3 Å². The van der Waals surface area contributed by atoms with Gasteiger partial charge in [-0.2, -0.15) is 0 Å². The summed E-state index contributed by atoms with van der Waals surface area (Å²) in [6, 6.07) is 0. The van der Waals surface area contributed by atoms with Crippen molar-refractivity contribution in [3.8, 4) is 34.5 Å². The molecule has 1 fully saturated rings. The highest BCUT2D eigenvalue weighted by Gasteiger charge is 2.89. The Balaban J connectivity index is 2.00.